The summed E-state index contributed by atoms with van der Waals surface area (Å²) in [6.45, 7) is 2.31. The number of hydrogen-bond donors (Lipinski definition) is 0. The Bertz CT molecular complexity index is 377. The Kier molecular flexibility index (Phi) is 7.04. The lowest BCUT2D eigenvalue weighted by Crippen LogP contribution is -2.36. The SMILES string of the molecule is CCCC1CCC(CCC2CCC(C3CCCCC3)OC2=O)CC1. The van der Waals surface area contributed by atoms with Crippen molar-refractivity contribution in [3.8, 4) is 0 Å². The van der Waals surface area contributed by atoms with Gasteiger partial charge in [0.1, 0.15) is 6.10 Å². The minimum Gasteiger partial charge on any atom is -0.462 e. The summed E-state index contributed by atoms with van der Waals surface area (Å²) in [5, 5.41) is 0. The van der Waals surface area contributed by atoms with E-state index >= 15 is 0 Å². The van der Waals surface area contributed by atoms with E-state index in [1.807, 2.05) is 0 Å². The van der Waals surface area contributed by atoms with Crippen molar-refractivity contribution in [2.24, 2.45) is 23.7 Å². The summed E-state index contributed by atoms with van der Waals surface area (Å²) >= 11 is 0. The maximum atomic E-state index is 12.4. The van der Waals surface area contributed by atoms with Gasteiger partial charge in [-0.3, -0.25) is 4.79 Å². The Morgan fingerprint density at radius 1 is 0.792 bits per heavy atom. The molecule has 0 bridgehead atoms. The summed E-state index contributed by atoms with van der Waals surface area (Å²) in [5.74, 6) is 2.87. The summed E-state index contributed by atoms with van der Waals surface area (Å²) in [4.78, 5) is 12.4. The molecule has 1 saturated heterocycles. The highest BCUT2D eigenvalue weighted by molar-refractivity contribution is 5.73. The average Bonchev–Trinajstić information content (AvgIpc) is 2.63. The molecular weight excluding hydrogens is 296 g/mol. The van der Waals surface area contributed by atoms with Gasteiger partial charge in [-0.05, 0) is 56.3 Å². The van der Waals surface area contributed by atoms with Crippen molar-refractivity contribution in [3.63, 3.8) is 0 Å². The summed E-state index contributed by atoms with van der Waals surface area (Å²) in [6, 6.07) is 0. The third-order valence-corrected chi connectivity index (χ3v) is 7.16. The molecule has 2 nitrogen and oxygen atoms in total. The maximum Gasteiger partial charge on any atom is 0.309 e. The summed E-state index contributed by atoms with van der Waals surface area (Å²) < 4.78 is 5.89. The highest BCUT2D eigenvalue weighted by Gasteiger charge is 2.35. The largest absolute Gasteiger partial charge is 0.462 e. The quantitative estimate of drug-likeness (QED) is 0.535. The molecule has 1 aliphatic heterocycles. The molecule has 0 aromatic carbocycles. The van der Waals surface area contributed by atoms with Gasteiger partial charge in [-0.1, -0.05) is 64.7 Å². The standard InChI is InChI=1S/C22H38O2/c1-2-6-17-9-11-18(12-10-17)13-14-20-15-16-21(24-22(20)23)19-7-4-3-5-8-19/h17-21H,2-16H2,1H3. The van der Waals surface area contributed by atoms with Crippen molar-refractivity contribution in [1.29, 1.82) is 0 Å². The molecule has 0 aromatic rings. The van der Waals surface area contributed by atoms with Crippen LogP contribution in [-0.4, -0.2) is 12.1 Å². The second-order valence-corrected chi connectivity index (χ2v) is 8.90. The molecule has 2 heteroatoms. The second kappa shape index (κ2) is 9.25. The van der Waals surface area contributed by atoms with Crippen LogP contribution in [0, 0.1) is 23.7 Å². The van der Waals surface area contributed by atoms with Crippen molar-refractivity contribution in [2.75, 3.05) is 0 Å². The van der Waals surface area contributed by atoms with Gasteiger partial charge in [-0.2, -0.15) is 0 Å². The molecule has 1 heterocycles. The van der Waals surface area contributed by atoms with E-state index in [-0.39, 0.29) is 18.0 Å². The first-order chi connectivity index (χ1) is 11.8. The van der Waals surface area contributed by atoms with Crippen LogP contribution in [0.3, 0.4) is 0 Å². The Morgan fingerprint density at radius 3 is 2.08 bits per heavy atom. The Morgan fingerprint density at radius 2 is 1.46 bits per heavy atom. The third kappa shape index (κ3) is 4.99. The molecular formula is C22H38O2. The minimum absolute atomic E-state index is 0.136. The molecule has 0 aromatic heterocycles. The maximum absolute atomic E-state index is 12.4. The van der Waals surface area contributed by atoms with Crippen molar-refractivity contribution in [3.05, 3.63) is 0 Å². The number of carbonyl (C=O) groups excluding carboxylic acids is 1. The monoisotopic (exact) mass is 334 g/mol. The van der Waals surface area contributed by atoms with Gasteiger partial charge in [0.2, 0.25) is 0 Å². The number of rotatable bonds is 6. The summed E-state index contributed by atoms with van der Waals surface area (Å²) in [7, 11) is 0. The second-order valence-electron chi connectivity index (χ2n) is 8.90. The lowest BCUT2D eigenvalue weighted by Gasteiger charge is -2.36. The van der Waals surface area contributed by atoms with Crippen molar-refractivity contribution in [2.45, 2.75) is 109 Å². The van der Waals surface area contributed by atoms with E-state index in [0.29, 0.717) is 5.92 Å². The van der Waals surface area contributed by atoms with Gasteiger partial charge >= 0.3 is 5.97 Å². The number of ether oxygens (including phenoxy) is 1. The Labute approximate surface area is 149 Å². The molecule has 2 saturated carbocycles. The van der Waals surface area contributed by atoms with Gasteiger partial charge in [-0.15, -0.1) is 0 Å². The van der Waals surface area contributed by atoms with E-state index in [4.69, 9.17) is 4.74 Å². The number of esters is 1. The van der Waals surface area contributed by atoms with Gasteiger partial charge in [0.15, 0.2) is 0 Å². The van der Waals surface area contributed by atoms with Crippen molar-refractivity contribution in [1.82, 2.24) is 0 Å². The van der Waals surface area contributed by atoms with Crippen LogP contribution < -0.4 is 0 Å². The van der Waals surface area contributed by atoms with Gasteiger partial charge in [0.25, 0.3) is 0 Å². The molecule has 2 atom stereocenters. The third-order valence-electron chi connectivity index (χ3n) is 7.16. The number of carbonyl (C=O) groups is 1. The van der Waals surface area contributed by atoms with E-state index in [2.05, 4.69) is 6.92 Å². The zero-order valence-electron chi connectivity index (χ0n) is 15.8. The highest BCUT2D eigenvalue weighted by atomic mass is 16.5. The number of cyclic esters (lactones) is 1. The molecule has 2 aliphatic carbocycles. The predicted molar refractivity (Wildman–Crippen MR) is 98.8 cm³/mol. The normalized spacial score (nSPS) is 35.6. The van der Waals surface area contributed by atoms with Crippen LogP contribution in [0.5, 0.6) is 0 Å². The van der Waals surface area contributed by atoms with Crippen LogP contribution in [0.15, 0.2) is 0 Å². The zero-order valence-corrected chi connectivity index (χ0v) is 15.8. The molecule has 0 spiro atoms. The molecule has 3 fully saturated rings. The van der Waals surface area contributed by atoms with Crippen molar-refractivity contribution >= 4 is 5.97 Å². The van der Waals surface area contributed by atoms with Crippen LogP contribution in [0.25, 0.3) is 0 Å². The molecule has 24 heavy (non-hydrogen) atoms. The summed E-state index contributed by atoms with van der Waals surface area (Å²) in [6.07, 6.45) is 19.8. The van der Waals surface area contributed by atoms with Crippen LogP contribution in [0.2, 0.25) is 0 Å². The Balaban J connectivity index is 1.36. The molecule has 3 rings (SSSR count). The van der Waals surface area contributed by atoms with Gasteiger partial charge in [0.05, 0.1) is 5.92 Å². The fraction of sp³-hybridized carbons (Fsp3) is 0.955. The summed E-state index contributed by atoms with van der Waals surface area (Å²) in [5.41, 5.74) is 0. The van der Waals surface area contributed by atoms with E-state index in [9.17, 15) is 4.79 Å². The predicted octanol–water partition coefficient (Wildman–Crippen LogP) is 6.28. The van der Waals surface area contributed by atoms with Crippen LogP contribution in [-0.2, 0) is 9.53 Å². The topological polar surface area (TPSA) is 26.3 Å². The van der Waals surface area contributed by atoms with E-state index < -0.39 is 0 Å². The van der Waals surface area contributed by atoms with E-state index in [0.717, 1.165) is 31.1 Å². The fourth-order valence-electron chi connectivity index (χ4n) is 5.54. The highest BCUT2D eigenvalue weighted by Crippen LogP contribution is 2.38. The van der Waals surface area contributed by atoms with E-state index in [1.54, 1.807) is 0 Å². The van der Waals surface area contributed by atoms with Gasteiger partial charge in [-0.25, -0.2) is 0 Å². The molecule has 138 valence electrons. The molecule has 3 aliphatic rings. The lowest BCUT2D eigenvalue weighted by atomic mass is 9.76. The average molecular weight is 335 g/mol. The van der Waals surface area contributed by atoms with Crippen LogP contribution in [0.4, 0.5) is 0 Å². The molecule has 0 radical (unpaired) electrons. The van der Waals surface area contributed by atoms with Gasteiger partial charge in [0, 0.05) is 0 Å². The molecule has 2 unspecified atom stereocenters. The first-order valence-corrected chi connectivity index (χ1v) is 11.0. The van der Waals surface area contributed by atoms with Gasteiger partial charge < -0.3 is 4.74 Å². The smallest absolute Gasteiger partial charge is 0.309 e. The Hall–Kier alpha value is -0.530. The molecule has 0 amide bonds. The zero-order chi connectivity index (χ0) is 16.8. The lowest BCUT2D eigenvalue weighted by molar-refractivity contribution is -0.165. The first kappa shape index (κ1) is 18.3. The molecule has 0 N–H and O–H groups in total. The van der Waals surface area contributed by atoms with Crippen LogP contribution >= 0.6 is 0 Å². The minimum atomic E-state index is 0.136. The van der Waals surface area contributed by atoms with Crippen LogP contribution in [0.1, 0.15) is 103 Å². The fourth-order valence-corrected chi connectivity index (χ4v) is 5.54. The van der Waals surface area contributed by atoms with Crippen molar-refractivity contribution < 1.29 is 9.53 Å². The first-order valence-electron chi connectivity index (χ1n) is 11.0. The van der Waals surface area contributed by atoms with E-state index in [1.165, 1.54) is 77.0 Å². The number of hydrogen-bond acceptors (Lipinski definition) is 2.